The Bertz CT molecular complexity index is 1170. The Morgan fingerprint density at radius 3 is 2.34 bits per heavy atom. The number of methoxy groups -OCH3 is 2. The lowest BCUT2D eigenvalue weighted by molar-refractivity contribution is -0.139. The summed E-state index contributed by atoms with van der Waals surface area (Å²) in [4.78, 5) is 27.5. The van der Waals surface area contributed by atoms with Gasteiger partial charge in [-0.05, 0) is 29.7 Å². The number of allylic oxidation sites excluding steroid dienone is 1. The number of rotatable bonds is 5. The molecule has 1 unspecified atom stereocenters. The van der Waals surface area contributed by atoms with Gasteiger partial charge in [-0.25, -0.2) is 9.59 Å². The first-order valence-electron chi connectivity index (χ1n) is 9.83. The number of carbonyl (C=O) groups is 2. The molecule has 2 aromatic carbocycles. The van der Waals surface area contributed by atoms with E-state index in [0.29, 0.717) is 17.7 Å². The zero-order valence-corrected chi connectivity index (χ0v) is 19.5. The molecule has 0 fully saturated rings. The molecule has 0 aromatic heterocycles. The third-order valence-electron chi connectivity index (χ3n) is 5.28. The van der Waals surface area contributed by atoms with Crippen molar-refractivity contribution in [2.75, 3.05) is 19.1 Å². The topological polar surface area (TPSA) is 106 Å². The van der Waals surface area contributed by atoms with E-state index in [1.807, 2.05) is 25.1 Å². The minimum Gasteiger partial charge on any atom is -0.466 e. The Balaban J connectivity index is 2.46. The average molecular weight is 496 g/mol. The van der Waals surface area contributed by atoms with Crippen LogP contribution in [0.25, 0.3) is 0 Å². The lowest BCUT2D eigenvalue weighted by Gasteiger charge is -2.36. The lowest BCUT2D eigenvalue weighted by atomic mass is 9.80. The Morgan fingerprint density at radius 2 is 1.78 bits per heavy atom. The maximum absolute atomic E-state index is 13.1. The number of esters is 2. The van der Waals surface area contributed by atoms with Crippen molar-refractivity contribution in [1.82, 2.24) is 0 Å². The van der Waals surface area contributed by atoms with E-state index < -0.39 is 17.9 Å². The summed E-state index contributed by atoms with van der Waals surface area (Å²) in [6.07, 6.45) is 0.623. The molecule has 1 atom stereocenters. The number of anilines is 1. The number of aryl methyl sites for hydroxylation is 1. The van der Waals surface area contributed by atoms with Gasteiger partial charge in [-0.15, -0.1) is 0 Å². The molecule has 164 valence electrons. The molecule has 8 heteroatoms. The third kappa shape index (κ3) is 3.99. The van der Waals surface area contributed by atoms with E-state index in [9.17, 15) is 14.9 Å². The van der Waals surface area contributed by atoms with Crippen LogP contribution in [0.2, 0.25) is 0 Å². The summed E-state index contributed by atoms with van der Waals surface area (Å²) in [6.45, 7) is 1.96. The molecule has 0 bridgehead atoms. The predicted molar refractivity (Wildman–Crippen MR) is 123 cm³/mol. The second-order valence-corrected chi connectivity index (χ2v) is 7.88. The standard InChI is InChI=1S/C24H22BrN3O4/c1-4-14-10-11-16(25)12-18(14)28-21(24(30)32-3)20(23(29)31-2)19(17(13-26)22(28)27)15-8-6-5-7-9-15/h5-12,19H,4,27H2,1-3H3. The summed E-state index contributed by atoms with van der Waals surface area (Å²) >= 11 is 3.45. The Kier molecular flexibility index (Phi) is 7.01. The highest BCUT2D eigenvalue weighted by atomic mass is 79.9. The maximum Gasteiger partial charge on any atom is 0.355 e. The number of nitriles is 1. The predicted octanol–water partition coefficient (Wildman–Crippen LogP) is 3.91. The molecule has 0 spiro atoms. The van der Waals surface area contributed by atoms with Gasteiger partial charge in [0.2, 0.25) is 0 Å². The smallest absolute Gasteiger partial charge is 0.355 e. The summed E-state index contributed by atoms with van der Waals surface area (Å²) in [5.74, 6) is -2.37. The van der Waals surface area contributed by atoms with Gasteiger partial charge in [0.05, 0.1) is 43.0 Å². The van der Waals surface area contributed by atoms with E-state index in [2.05, 4.69) is 22.0 Å². The molecular weight excluding hydrogens is 474 g/mol. The highest BCUT2D eigenvalue weighted by molar-refractivity contribution is 9.10. The zero-order chi connectivity index (χ0) is 23.4. The highest BCUT2D eigenvalue weighted by Gasteiger charge is 2.43. The van der Waals surface area contributed by atoms with Crippen molar-refractivity contribution in [3.63, 3.8) is 0 Å². The molecule has 1 heterocycles. The van der Waals surface area contributed by atoms with Crippen LogP contribution < -0.4 is 10.6 Å². The Labute approximate surface area is 194 Å². The van der Waals surface area contributed by atoms with Crippen molar-refractivity contribution in [1.29, 1.82) is 5.26 Å². The van der Waals surface area contributed by atoms with Gasteiger partial charge in [-0.3, -0.25) is 4.90 Å². The van der Waals surface area contributed by atoms with Crippen LogP contribution in [0.3, 0.4) is 0 Å². The molecule has 3 rings (SSSR count). The number of carbonyl (C=O) groups excluding carboxylic acids is 2. The van der Waals surface area contributed by atoms with Crippen molar-refractivity contribution in [3.05, 3.63) is 86.8 Å². The molecule has 0 radical (unpaired) electrons. The van der Waals surface area contributed by atoms with Crippen LogP contribution >= 0.6 is 15.9 Å². The lowest BCUT2D eigenvalue weighted by Crippen LogP contribution is -2.41. The largest absolute Gasteiger partial charge is 0.466 e. The number of hydrogen-bond acceptors (Lipinski definition) is 7. The van der Waals surface area contributed by atoms with Crippen LogP contribution in [0, 0.1) is 11.3 Å². The molecule has 2 N–H and O–H groups in total. The van der Waals surface area contributed by atoms with Gasteiger partial charge in [-0.1, -0.05) is 59.3 Å². The second kappa shape index (κ2) is 9.71. The van der Waals surface area contributed by atoms with E-state index in [1.165, 1.54) is 19.1 Å². The molecule has 32 heavy (non-hydrogen) atoms. The molecule has 1 aliphatic heterocycles. The van der Waals surface area contributed by atoms with Gasteiger partial charge in [0.1, 0.15) is 11.5 Å². The fraction of sp³-hybridized carbons (Fsp3) is 0.208. The summed E-state index contributed by atoms with van der Waals surface area (Å²) in [7, 11) is 2.45. The monoisotopic (exact) mass is 495 g/mol. The molecule has 2 aromatic rings. The molecule has 1 aliphatic rings. The Hall–Kier alpha value is -3.57. The minimum atomic E-state index is -0.892. The summed E-state index contributed by atoms with van der Waals surface area (Å²) in [5, 5.41) is 10.1. The number of benzene rings is 2. The first kappa shape index (κ1) is 23.1. The van der Waals surface area contributed by atoms with Gasteiger partial charge in [-0.2, -0.15) is 5.26 Å². The number of nitrogens with two attached hydrogens (primary N) is 1. The molecular formula is C24H22BrN3O4. The van der Waals surface area contributed by atoms with Crippen LogP contribution in [0.15, 0.2) is 75.7 Å². The fourth-order valence-corrected chi connectivity index (χ4v) is 4.16. The van der Waals surface area contributed by atoms with Crippen molar-refractivity contribution in [2.45, 2.75) is 19.3 Å². The zero-order valence-electron chi connectivity index (χ0n) is 17.9. The van der Waals surface area contributed by atoms with Crippen molar-refractivity contribution in [2.24, 2.45) is 5.73 Å². The quantitative estimate of drug-likeness (QED) is 0.626. The second-order valence-electron chi connectivity index (χ2n) is 6.96. The molecule has 0 saturated heterocycles. The first-order chi connectivity index (χ1) is 15.4. The maximum atomic E-state index is 13.1. The van der Waals surface area contributed by atoms with Gasteiger partial charge < -0.3 is 15.2 Å². The van der Waals surface area contributed by atoms with E-state index in [1.54, 1.807) is 30.3 Å². The summed E-state index contributed by atoms with van der Waals surface area (Å²) in [5.41, 5.74) is 8.60. The van der Waals surface area contributed by atoms with Crippen LogP contribution in [0.4, 0.5) is 5.69 Å². The SMILES string of the molecule is CCc1ccc(Br)cc1N1C(N)=C(C#N)C(c2ccccc2)C(C(=O)OC)=C1C(=O)OC. The van der Waals surface area contributed by atoms with E-state index >= 15 is 0 Å². The first-order valence-corrected chi connectivity index (χ1v) is 10.6. The normalized spacial score (nSPS) is 16.0. The average Bonchev–Trinajstić information content (AvgIpc) is 2.82. The van der Waals surface area contributed by atoms with E-state index in [0.717, 1.165) is 10.0 Å². The molecule has 7 nitrogen and oxygen atoms in total. The van der Waals surface area contributed by atoms with Crippen LogP contribution in [-0.2, 0) is 25.5 Å². The van der Waals surface area contributed by atoms with Gasteiger partial charge in [0, 0.05) is 4.47 Å². The summed E-state index contributed by atoms with van der Waals surface area (Å²) in [6, 6.07) is 16.6. The summed E-state index contributed by atoms with van der Waals surface area (Å²) < 4.78 is 10.8. The number of hydrogen-bond donors (Lipinski definition) is 1. The number of ether oxygens (including phenoxy) is 2. The molecule has 0 aliphatic carbocycles. The highest BCUT2D eigenvalue weighted by Crippen LogP contribution is 2.44. The van der Waals surface area contributed by atoms with Gasteiger partial charge in [0.25, 0.3) is 0 Å². The third-order valence-corrected chi connectivity index (χ3v) is 5.77. The fourth-order valence-electron chi connectivity index (χ4n) is 3.81. The Morgan fingerprint density at radius 1 is 1.12 bits per heavy atom. The number of nitrogens with zero attached hydrogens (tertiary/aromatic N) is 2. The van der Waals surface area contributed by atoms with Crippen LogP contribution in [0.1, 0.15) is 24.0 Å². The van der Waals surface area contributed by atoms with Crippen molar-refractivity contribution in [3.8, 4) is 6.07 Å². The van der Waals surface area contributed by atoms with Crippen LogP contribution in [0.5, 0.6) is 0 Å². The van der Waals surface area contributed by atoms with Crippen molar-refractivity contribution < 1.29 is 19.1 Å². The molecule has 0 amide bonds. The minimum absolute atomic E-state index is 0.0154. The molecule has 0 saturated carbocycles. The van der Waals surface area contributed by atoms with E-state index in [4.69, 9.17) is 15.2 Å². The van der Waals surface area contributed by atoms with Gasteiger partial charge >= 0.3 is 11.9 Å². The van der Waals surface area contributed by atoms with E-state index in [-0.39, 0.29) is 22.7 Å². The van der Waals surface area contributed by atoms with Crippen LogP contribution in [-0.4, -0.2) is 26.2 Å². The van der Waals surface area contributed by atoms with Gasteiger partial charge in [0.15, 0.2) is 0 Å². The van der Waals surface area contributed by atoms with Crippen molar-refractivity contribution >= 4 is 33.6 Å². The number of halogens is 1.